The first-order chi connectivity index (χ1) is 9.53. The molecule has 0 saturated carbocycles. The summed E-state index contributed by atoms with van der Waals surface area (Å²) < 4.78 is 10.6. The van der Waals surface area contributed by atoms with Gasteiger partial charge in [-0.05, 0) is 30.7 Å². The molecule has 0 atom stereocenters. The van der Waals surface area contributed by atoms with Crippen LogP contribution >= 0.6 is 0 Å². The monoisotopic (exact) mass is 274 g/mol. The smallest absolute Gasteiger partial charge is 0.264 e. The number of carbonyl (C=O) groups excluding carboxylic acids is 1. The zero-order chi connectivity index (χ0) is 15.1. The summed E-state index contributed by atoms with van der Waals surface area (Å²) >= 11 is 0. The molecule has 1 aromatic carbocycles. The third-order valence-corrected chi connectivity index (χ3v) is 2.56. The standard InChI is InChI=1S/C15H18N2O3/c1-5-20-14-9-11(6-7-13(14)19-4)8-12(10-16)15(18)17(2)3/h6-9H,5H2,1-4H3/b12-8-. The van der Waals surface area contributed by atoms with Gasteiger partial charge in [-0.2, -0.15) is 5.26 Å². The molecule has 5 nitrogen and oxygen atoms in total. The van der Waals surface area contributed by atoms with Gasteiger partial charge in [-0.3, -0.25) is 4.79 Å². The van der Waals surface area contributed by atoms with Gasteiger partial charge in [-0.25, -0.2) is 0 Å². The van der Waals surface area contributed by atoms with Gasteiger partial charge in [0.05, 0.1) is 13.7 Å². The van der Waals surface area contributed by atoms with Crippen LogP contribution in [0.25, 0.3) is 6.08 Å². The van der Waals surface area contributed by atoms with Gasteiger partial charge in [0.1, 0.15) is 11.6 Å². The molecule has 0 aliphatic heterocycles. The summed E-state index contributed by atoms with van der Waals surface area (Å²) in [6.07, 6.45) is 1.53. The second-order valence-corrected chi connectivity index (χ2v) is 4.21. The topological polar surface area (TPSA) is 62.6 Å². The molecule has 20 heavy (non-hydrogen) atoms. The average molecular weight is 274 g/mol. The third kappa shape index (κ3) is 3.75. The van der Waals surface area contributed by atoms with E-state index in [2.05, 4.69) is 0 Å². The van der Waals surface area contributed by atoms with E-state index in [4.69, 9.17) is 14.7 Å². The van der Waals surface area contributed by atoms with Crippen LogP contribution in [0.3, 0.4) is 0 Å². The molecular weight excluding hydrogens is 256 g/mol. The number of hydrogen-bond acceptors (Lipinski definition) is 4. The molecule has 0 N–H and O–H groups in total. The van der Waals surface area contributed by atoms with Crippen LogP contribution in [0.4, 0.5) is 0 Å². The van der Waals surface area contributed by atoms with E-state index in [1.807, 2.05) is 13.0 Å². The van der Waals surface area contributed by atoms with Gasteiger partial charge in [0, 0.05) is 14.1 Å². The van der Waals surface area contributed by atoms with E-state index in [1.54, 1.807) is 39.4 Å². The SMILES string of the molecule is CCOc1cc(/C=C(/C#N)C(=O)N(C)C)ccc1OC. The van der Waals surface area contributed by atoms with Crippen LogP contribution < -0.4 is 9.47 Å². The molecule has 1 rings (SSSR count). The Hall–Kier alpha value is -2.48. The molecule has 1 aromatic rings. The predicted molar refractivity (Wildman–Crippen MR) is 76.4 cm³/mol. The highest BCUT2D eigenvalue weighted by atomic mass is 16.5. The maximum Gasteiger partial charge on any atom is 0.264 e. The van der Waals surface area contributed by atoms with E-state index in [1.165, 1.54) is 11.0 Å². The molecule has 0 aromatic heterocycles. The normalized spacial score (nSPS) is 10.7. The van der Waals surface area contributed by atoms with E-state index in [9.17, 15) is 4.79 Å². The Kier molecular flexibility index (Phi) is 5.60. The van der Waals surface area contributed by atoms with Crippen molar-refractivity contribution in [3.05, 3.63) is 29.3 Å². The minimum absolute atomic E-state index is 0.0719. The number of methoxy groups -OCH3 is 1. The highest BCUT2D eigenvalue weighted by Gasteiger charge is 2.12. The molecule has 0 aliphatic rings. The van der Waals surface area contributed by atoms with Crippen molar-refractivity contribution in [3.63, 3.8) is 0 Å². The molecule has 0 saturated heterocycles. The van der Waals surface area contributed by atoms with Crippen molar-refractivity contribution in [3.8, 4) is 17.6 Å². The van der Waals surface area contributed by atoms with Crippen LogP contribution in [0.1, 0.15) is 12.5 Å². The van der Waals surface area contributed by atoms with Crippen molar-refractivity contribution in [2.24, 2.45) is 0 Å². The first-order valence-corrected chi connectivity index (χ1v) is 6.17. The number of hydrogen-bond donors (Lipinski definition) is 0. The van der Waals surface area contributed by atoms with Gasteiger partial charge in [0.15, 0.2) is 11.5 Å². The van der Waals surface area contributed by atoms with Gasteiger partial charge in [-0.1, -0.05) is 6.07 Å². The lowest BCUT2D eigenvalue weighted by atomic mass is 10.1. The summed E-state index contributed by atoms with van der Waals surface area (Å²) in [6.45, 7) is 2.38. The number of likely N-dealkylation sites (N-methyl/N-ethyl adjacent to an activating group) is 1. The lowest BCUT2D eigenvalue weighted by Crippen LogP contribution is -2.22. The maximum absolute atomic E-state index is 11.8. The molecule has 0 bridgehead atoms. The molecule has 106 valence electrons. The number of carbonyl (C=O) groups is 1. The fourth-order valence-electron chi connectivity index (χ4n) is 1.60. The van der Waals surface area contributed by atoms with E-state index >= 15 is 0 Å². The van der Waals surface area contributed by atoms with Crippen molar-refractivity contribution in [1.29, 1.82) is 5.26 Å². The molecule has 0 spiro atoms. The predicted octanol–water partition coefficient (Wildman–Crippen LogP) is 2.09. The highest BCUT2D eigenvalue weighted by molar-refractivity contribution is 6.01. The molecule has 1 amide bonds. The quantitative estimate of drug-likeness (QED) is 0.609. The summed E-state index contributed by atoms with van der Waals surface area (Å²) in [5.74, 6) is 0.862. The Labute approximate surface area is 119 Å². The zero-order valence-electron chi connectivity index (χ0n) is 12.1. The summed E-state index contributed by atoms with van der Waals surface area (Å²) in [6, 6.07) is 7.16. The Morgan fingerprint density at radius 2 is 2.10 bits per heavy atom. The number of nitrogens with zero attached hydrogens (tertiary/aromatic N) is 2. The molecular formula is C15H18N2O3. The van der Waals surface area contributed by atoms with Crippen LogP contribution in [0.15, 0.2) is 23.8 Å². The van der Waals surface area contributed by atoms with Crippen molar-refractivity contribution < 1.29 is 14.3 Å². The Morgan fingerprint density at radius 3 is 2.60 bits per heavy atom. The van der Waals surface area contributed by atoms with E-state index in [0.717, 1.165) is 0 Å². The Balaban J connectivity index is 3.17. The van der Waals surface area contributed by atoms with Crippen molar-refractivity contribution in [1.82, 2.24) is 4.90 Å². The number of benzene rings is 1. The van der Waals surface area contributed by atoms with Crippen LogP contribution in [0.2, 0.25) is 0 Å². The fraction of sp³-hybridized carbons (Fsp3) is 0.333. The zero-order valence-corrected chi connectivity index (χ0v) is 12.1. The molecule has 0 aliphatic carbocycles. The lowest BCUT2D eigenvalue weighted by Gasteiger charge is -2.11. The van der Waals surface area contributed by atoms with Gasteiger partial charge >= 0.3 is 0 Å². The van der Waals surface area contributed by atoms with Crippen LogP contribution in [0, 0.1) is 11.3 Å². The number of ether oxygens (including phenoxy) is 2. The van der Waals surface area contributed by atoms with Gasteiger partial charge in [0.25, 0.3) is 5.91 Å². The van der Waals surface area contributed by atoms with Crippen LogP contribution in [-0.4, -0.2) is 38.6 Å². The fourth-order valence-corrected chi connectivity index (χ4v) is 1.60. The van der Waals surface area contributed by atoms with Gasteiger partial charge in [0.2, 0.25) is 0 Å². The molecule has 5 heteroatoms. The van der Waals surface area contributed by atoms with Crippen molar-refractivity contribution >= 4 is 12.0 Å². The maximum atomic E-state index is 11.8. The Morgan fingerprint density at radius 1 is 1.40 bits per heavy atom. The summed E-state index contributed by atoms with van der Waals surface area (Å²) in [5, 5.41) is 9.06. The highest BCUT2D eigenvalue weighted by Crippen LogP contribution is 2.28. The average Bonchev–Trinajstić information content (AvgIpc) is 2.44. The largest absolute Gasteiger partial charge is 0.493 e. The second-order valence-electron chi connectivity index (χ2n) is 4.21. The first kappa shape index (κ1) is 15.6. The Bertz CT molecular complexity index is 557. The number of nitriles is 1. The minimum atomic E-state index is -0.332. The first-order valence-electron chi connectivity index (χ1n) is 6.17. The second kappa shape index (κ2) is 7.19. The lowest BCUT2D eigenvalue weighted by molar-refractivity contribution is -0.124. The summed E-state index contributed by atoms with van der Waals surface area (Å²) in [7, 11) is 4.77. The van der Waals surface area contributed by atoms with E-state index < -0.39 is 0 Å². The molecule has 0 heterocycles. The molecule has 0 radical (unpaired) electrons. The van der Waals surface area contributed by atoms with E-state index in [0.29, 0.717) is 23.7 Å². The molecule has 0 fully saturated rings. The minimum Gasteiger partial charge on any atom is -0.493 e. The van der Waals surface area contributed by atoms with Crippen LogP contribution in [-0.2, 0) is 4.79 Å². The summed E-state index contributed by atoms with van der Waals surface area (Å²) in [5.41, 5.74) is 0.781. The third-order valence-electron chi connectivity index (χ3n) is 2.56. The van der Waals surface area contributed by atoms with Crippen molar-refractivity contribution in [2.75, 3.05) is 27.8 Å². The van der Waals surface area contributed by atoms with E-state index in [-0.39, 0.29) is 11.5 Å². The summed E-state index contributed by atoms with van der Waals surface area (Å²) in [4.78, 5) is 13.2. The van der Waals surface area contributed by atoms with Crippen LogP contribution in [0.5, 0.6) is 11.5 Å². The number of rotatable bonds is 5. The molecule has 0 unspecified atom stereocenters. The van der Waals surface area contributed by atoms with Gasteiger partial charge < -0.3 is 14.4 Å². The van der Waals surface area contributed by atoms with Gasteiger partial charge in [-0.15, -0.1) is 0 Å². The number of amides is 1. The van der Waals surface area contributed by atoms with Crippen molar-refractivity contribution in [2.45, 2.75) is 6.92 Å².